The molecule has 0 aromatic rings. The molecule has 0 saturated heterocycles. The second-order valence-corrected chi connectivity index (χ2v) is 10.2. The van der Waals surface area contributed by atoms with E-state index in [1.165, 1.54) is 89.9 Å². The van der Waals surface area contributed by atoms with Gasteiger partial charge in [-0.2, -0.15) is 0 Å². The standard InChI is InChI=1S/C18H39O4P.C6H15NO3/c1-3-5-7-9-11-13-15-17-21-23(19,20)22-18-16-14-12-10-8-6-4-2;1-4(8)7(5(2)9)6(3)10/h3-18H2,1-2H3,(H,19,20);4-6,8-10H,1-3H3. The van der Waals surface area contributed by atoms with Crippen LogP contribution in [-0.2, 0) is 13.6 Å². The molecule has 3 unspecified atom stereocenters. The summed E-state index contributed by atoms with van der Waals surface area (Å²) in [5.41, 5.74) is 0. The third kappa shape index (κ3) is 24.9. The van der Waals surface area contributed by atoms with Crippen molar-refractivity contribution in [3.8, 4) is 0 Å². The minimum Gasteiger partial charge on any atom is -0.379 e. The van der Waals surface area contributed by atoms with E-state index in [1.54, 1.807) is 0 Å². The highest BCUT2D eigenvalue weighted by Gasteiger charge is 2.20. The first-order chi connectivity index (χ1) is 15.6. The van der Waals surface area contributed by atoms with Crippen molar-refractivity contribution in [1.29, 1.82) is 0 Å². The van der Waals surface area contributed by atoms with E-state index in [2.05, 4.69) is 13.8 Å². The van der Waals surface area contributed by atoms with Crippen LogP contribution in [0.5, 0.6) is 0 Å². The zero-order valence-corrected chi connectivity index (χ0v) is 22.8. The van der Waals surface area contributed by atoms with Crippen molar-refractivity contribution in [3.63, 3.8) is 0 Å². The van der Waals surface area contributed by atoms with Crippen LogP contribution in [0.2, 0.25) is 0 Å². The van der Waals surface area contributed by atoms with Gasteiger partial charge < -0.3 is 20.2 Å². The monoisotopic (exact) mass is 499 g/mol. The van der Waals surface area contributed by atoms with Gasteiger partial charge in [0.2, 0.25) is 0 Å². The summed E-state index contributed by atoms with van der Waals surface area (Å²) in [4.78, 5) is 10.7. The fraction of sp³-hybridized carbons (Fsp3) is 1.00. The van der Waals surface area contributed by atoms with Gasteiger partial charge in [-0.15, -0.1) is 0 Å². The SMILES string of the molecule is CC(O)N(C(C)O)C(C)O.CCCCCCCCCOP(=O)(O)OCCCCCCCCC. The molecule has 0 aliphatic heterocycles. The molecule has 0 heterocycles. The van der Waals surface area contributed by atoms with Crippen LogP contribution in [0.15, 0.2) is 0 Å². The smallest absolute Gasteiger partial charge is 0.379 e. The molecule has 0 spiro atoms. The van der Waals surface area contributed by atoms with Gasteiger partial charge in [-0.05, 0) is 33.6 Å². The second kappa shape index (κ2) is 23.7. The van der Waals surface area contributed by atoms with Crippen molar-refractivity contribution in [1.82, 2.24) is 4.90 Å². The van der Waals surface area contributed by atoms with Crippen molar-refractivity contribution in [2.45, 2.75) is 143 Å². The zero-order valence-electron chi connectivity index (χ0n) is 22.0. The van der Waals surface area contributed by atoms with E-state index in [0.29, 0.717) is 13.2 Å². The molecule has 202 valence electrons. The summed E-state index contributed by atoms with van der Waals surface area (Å²) in [7, 11) is -3.82. The number of aliphatic hydroxyl groups excluding tert-OH is 3. The molecule has 0 aromatic heterocycles. The molecule has 0 amide bonds. The highest BCUT2D eigenvalue weighted by Crippen LogP contribution is 2.43. The quantitative estimate of drug-likeness (QED) is 0.0872. The van der Waals surface area contributed by atoms with E-state index in [0.717, 1.165) is 25.7 Å². The fourth-order valence-electron chi connectivity index (χ4n) is 3.45. The van der Waals surface area contributed by atoms with Crippen molar-refractivity contribution in [2.75, 3.05) is 13.2 Å². The molecular formula is C24H54NO7P. The Kier molecular flexibility index (Phi) is 25.2. The van der Waals surface area contributed by atoms with E-state index >= 15 is 0 Å². The summed E-state index contributed by atoms with van der Waals surface area (Å²) in [6.07, 6.45) is 13.8. The number of rotatable bonds is 21. The number of nitrogens with zero attached hydrogens (tertiary/aromatic N) is 1. The Balaban J connectivity index is 0. The molecule has 9 heteroatoms. The van der Waals surface area contributed by atoms with Crippen molar-refractivity contribution in [3.05, 3.63) is 0 Å². The van der Waals surface area contributed by atoms with Gasteiger partial charge in [0.1, 0.15) is 18.7 Å². The first-order valence-electron chi connectivity index (χ1n) is 13.0. The van der Waals surface area contributed by atoms with Gasteiger partial charge in [-0.1, -0.05) is 90.9 Å². The minimum atomic E-state index is -3.82. The molecule has 0 aliphatic rings. The van der Waals surface area contributed by atoms with Gasteiger partial charge in [0.25, 0.3) is 0 Å². The molecule has 4 N–H and O–H groups in total. The lowest BCUT2D eigenvalue weighted by molar-refractivity contribution is -0.159. The van der Waals surface area contributed by atoms with Crippen LogP contribution in [0.25, 0.3) is 0 Å². The van der Waals surface area contributed by atoms with Gasteiger partial charge in [0.15, 0.2) is 0 Å². The average molecular weight is 500 g/mol. The summed E-state index contributed by atoms with van der Waals surface area (Å²) < 4.78 is 21.7. The largest absolute Gasteiger partial charge is 0.472 e. The molecule has 0 saturated carbocycles. The van der Waals surface area contributed by atoms with Crippen LogP contribution >= 0.6 is 7.82 Å². The Morgan fingerprint density at radius 1 is 0.606 bits per heavy atom. The minimum absolute atomic E-state index is 0.318. The van der Waals surface area contributed by atoms with Gasteiger partial charge in [0.05, 0.1) is 13.2 Å². The first kappa shape index (κ1) is 35.1. The maximum Gasteiger partial charge on any atom is 0.472 e. The van der Waals surface area contributed by atoms with Crippen molar-refractivity contribution < 1.29 is 33.8 Å². The number of aliphatic hydroxyl groups is 3. The van der Waals surface area contributed by atoms with Crippen LogP contribution < -0.4 is 0 Å². The summed E-state index contributed by atoms with van der Waals surface area (Å²) in [6, 6.07) is 0. The average Bonchev–Trinajstić information content (AvgIpc) is 2.71. The Hall–Kier alpha value is -0.0500. The molecule has 0 bridgehead atoms. The number of hydrogen-bond acceptors (Lipinski definition) is 7. The summed E-state index contributed by atoms with van der Waals surface area (Å²) in [5.74, 6) is 0. The molecule has 0 aromatic carbocycles. The summed E-state index contributed by atoms with van der Waals surface area (Å²) in [5, 5.41) is 26.9. The van der Waals surface area contributed by atoms with Crippen LogP contribution in [0.4, 0.5) is 0 Å². The van der Waals surface area contributed by atoms with Crippen LogP contribution in [0.1, 0.15) is 125 Å². The second-order valence-electron chi connectivity index (χ2n) is 8.72. The van der Waals surface area contributed by atoms with Crippen molar-refractivity contribution in [2.24, 2.45) is 0 Å². The summed E-state index contributed by atoms with van der Waals surface area (Å²) in [6.45, 7) is 9.51. The number of phosphoric ester groups is 1. The van der Waals surface area contributed by atoms with Gasteiger partial charge in [-0.25, -0.2) is 9.46 Å². The molecule has 33 heavy (non-hydrogen) atoms. The molecule has 0 aliphatic carbocycles. The lowest BCUT2D eigenvalue weighted by Gasteiger charge is -2.30. The third-order valence-electron chi connectivity index (χ3n) is 5.30. The van der Waals surface area contributed by atoms with E-state index in [1.807, 2.05) is 0 Å². The van der Waals surface area contributed by atoms with E-state index in [4.69, 9.17) is 24.4 Å². The normalized spacial score (nSPS) is 14.6. The zero-order chi connectivity index (χ0) is 25.5. The van der Waals surface area contributed by atoms with E-state index < -0.39 is 26.5 Å². The Morgan fingerprint density at radius 3 is 1.12 bits per heavy atom. The lowest BCUT2D eigenvalue weighted by Crippen LogP contribution is -2.45. The molecule has 8 nitrogen and oxygen atoms in total. The Labute approximate surface area is 203 Å². The predicted octanol–water partition coefficient (Wildman–Crippen LogP) is 5.92. The number of hydrogen-bond donors (Lipinski definition) is 4. The predicted molar refractivity (Wildman–Crippen MR) is 135 cm³/mol. The molecular weight excluding hydrogens is 445 g/mol. The number of unbranched alkanes of at least 4 members (excludes halogenated alkanes) is 12. The van der Waals surface area contributed by atoms with Gasteiger partial charge in [-0.3, -0.25) is 9.05 Å². The highest BCUT2D eigenvalue weighted by molar-refractivity contribution is 7.47. The number of phosphoric acid groups is 1. The van der Waals surface area contributed by atoms with Crippen molar-refractivity contribution >= 4 is 7.82 Å². The highest BCUT2D eigenvalue weighted by atomic mass is 31.2. The van der Waals surface area contributed by atoms with Crippen LogP contribution in [-0.4, -0.2) is 57.0 Å². The summed E-state index contributed by atoms with van der Waals surface area (Å²) >= 11 is 0. The fourth-order valence-corrected chi connectivity index (χ4v) is 4.25. The molecule has 0 rings (SSSR count). The van der Waals surface area contributed by atoms with E-state index in [9.17, 15) is 9.46 Å². The van der Waals surface area contributed by atoms with Gasteiger partial charge in [0, 0.05) is 0 Å². The van der Waals surface area contributed by atoms with Crippen LogP contribution in [0, 0.1) is 0 Å². The Morgan fingerprint density at radius 2 is 0.879 bits per heavy atom. The Bertz CT molecular complexity index is 408. The first-order valence-corrected chi connectivity index (χ1v) is 14.5. The topological polar surface area (TPSA) is 120 Å². The van der Waals surface area contributed by atoms with Gasteiger partial charge >= 0.3 is 7.82 Å². The molecule has 0 fully saturated rings. The lowest BCUT2D eigenvalue weighted by atomic mass is 10.1. The molecule has 0 radical (unpaired) electrons. The maximum absolute atomic E-state index is 11.7. The molecule has 3 atom stereocenters. The maximum atomic E-state index is 11.7. The van der Waals surface area contributed by atoms with E-state index in [-0.39, 0.29) is 0 Å². The van der Waals surface area contributed by atoms with Crippen LogP contribution in [0.3, 0.4) is 0 Å². The third-order valence-corrected chi connectivity index (χ3v) is 6.32.